The van der Waals surface area contributed by atoms with Gasteiger partial charge in [0, 0.05) is 68.4 Å². The van der Waals surface area contributed by atoms with Gasteiger partial charge >= 0.3 is 0 Å². The van der Waals surface area contributed by atoms with Crippen molar-refractivity contribution >= 4 is 22.4 Å². The SMILES string of the molecule is C[C@@H]1COCCN1c1cc(-c2ccc(N3CCNCC3)cc2F)c2ccnc(-c3ccnn3C3CCCCO3)c2n1. The molecule has 3 aliphatic rings. The molecular weight excluding hydrogens is 521 g/mol. The summed E-state index contributed by atoms with van der Waals surface area (Å²) in [6.07, 6.45) is 6.49. The lowest BCUT2D eigenvalue weighted by atomic mass is 9.98. The van der Waals surface area contributed by atoms with Crippen LogP contribution in [0.25, 0.3) is 33.4 Å². The van der Waals surface area contributed by atoms with Crippen molar-refractivity contribution in [2.75, 3.05) is 62.3 Å². The van der Waals surface area contributed by atoms with E-state index in [9.17, 15) is 0 Å². The lowest BCUT2D eigenvalue weighted by Gasteiger charge is -2.34. The third-order valence-electron chi connectivity index (χ3n) is 8.44. The highest BCUT2D eigenvalue weighted by Gasteiger charge is 2.26. The molecule has 1 N–H and O–H groups in total. The normalized spacial score (nSPS) is 21.9. The lowest BCUT2D eigenvalue weighted by Crippen LogP contribution is -2.44. The van der Waals surface area contributed by atoms with Crippen LogP contribution in [-0.4, -0.2) is 78.3 Å². The summed E-state index contributed by atoms with van der Waals surface area (Å²) in [5.41, 5.74) is 4.56. The second-order valence-corrected chi connectivity index (χ2v) is 11.1. The molecule has 0 amide bonds. The number of nitrogens with one attached hydrogen (secondary N) is 1. The Kier molecular flexibility index (Phi) is 7.28. The van der Waals surface area contributed by atoms with Crippen molar-refractivity contribution in [3.8, 4) is 22.5 Å². The molecular formula is C31H36FN7O2. The first kappa shape index (κ1) is 26.3. The summed E-state index contributed by atoms with van der Waals surface area (Å²) in [5, 5.41) is 8.84. The van der Waals surface area contributed by atoms with E-state index >= 15 is 4.39 Å². The van der Waals surface area contributed by atoms with E-state index in [0.29, 0.717) is 25.3 Å². The molecule has 0 spiro atoms. The van der Waals surface area contributed by atoms with Crippen LogP contribution in [0, 0.1) is 5.82 Å². The van der Waals surface area contributed by atoms with E-state index in [4.69, 9.17) is 19.4 Å². The lowest BCUT2D eigenvalue weighted by molar-refractivity contribution is -0.0383. The number of rotatable bonds is 5. The van der Waals surface area contributed by atoms with Crippen LogP contribution < -0.4 is 15.1 Å². The Morgan fingerprint density at radius 3 is 2.68 bits per heavy atom. The first-order valence-corrected chi connectivity index (χ1v) is 14.7. The maximum Gasteiger partial charge on any atom is 0.150 e. The molecule has 3 aliphatic heterocycles. The molecule has 0 saturated carbocycles. The Morgan fingerprint density at radius 2 is 1.88 bits per heavy atom. The maximum atomic E-state index is 16.0. The van der Waals surface area contributed by atoms with Gasteiger partial charge in [-0.1, -0.05) is 0 Å². The Morgan fingerprint density at radius 1 is 0.976 bits per heavy atom. The van der Waals surface area contributed by atoms with E-state index < -0.39 is 0 Å². The number of aromatic nitrogens is 4. The molecule has 41 heavy (non-hydrogen) atoms. The van der Waals surface area contributed by atoms with Crippen molar-refractivity contribution in [3.63, 3.8) is 0 Å². The van der Waals surface area contributed by atoms with Gasteiger partial charge in [-0.3, -0.25) is 4.98 Å². The second kappa shape index (κ2) is 11.3. The minimum atomic E-state index is -0.242. The van der Waals surface area contributed by atoms with Crippen LogP contribution in [0.1, 0.15) is 32.4 Å². The quantitative estimate of drug-likeness (QED) is 0.381. The molecule has 1 unspecified atom stereocenters. The zero-order chi connectivity index (χ0) is 27.8. The summed E-state index contributed by atoms with van der Waals surface area (Å²) in [4.78, 5) is 14.5. The number of ether oxygens (including phenoxy) is 2. The fraction of sp³-hybridized carbons (Fsp3) is 0.452. The fourth-order valence-electron chi connectivity index (χ4n) is 6.25. The number of morpholine rings is 1. The highest BCUT2D eigenvalue weighted by molar-refractivity contribution is 6.01. The first-order chi connectivity index (χ1) is 20.2. The van der Waals surface area contributed by atoms with Crippen molar-refractivity contribution in [1.29, 1.82) is 0 Å². The summed E-state index contributed by atoms with van der Waals surface area (Å²) in [7, 11) is 0. The standard InChI is InChI=1S/C31H36FN7O2/c1-21-20-40-17-15-38(21)28-19-25(23-6-5-22(18-26(23)32)37-13-11-33-12-14-37)24-7-9-34-31(30(24)36-28)27-8-10-35-39(27)29-4-2-3-16-41-29/h5-10,18-19,21,29,33H,2-4,11-17,20H2,1H3/t21-,29?/m1/s1. The predicted molar refractivity (Wildman–Crippen MR) is 158 cm³/mol. The van der Waals surface area contributed by atoms with Crippen LogP contribution in [0.15, 0.2) is 48.8 Å². The maximum absolute atomic E-state index is 16.0. The molecule has 3 saturated heterocycles. The number of pyridine rings is 2. The van der Waals surface area contributed by atoms with Gasteiger partial charge in [0.25, 0.3) is 0 Å². The Hall–Kier alpha value is -3.60. The largest absolute Gasteiger partial charge is 0.377 e. The first-order valence-electron chi connectivity index (χ1n) is 14.7. The monoisotopic (exact) mass is 557 g/mol. The highest BCUT2D eigenvalue weighted by atomic mass is 19.1. The highest BCUT2D eigenvalue weighted by Crippen LogP contribution is 2.38. The van der Waals surface area contributed by atoms with E-state index in [1.54, 1.807) is 18.5 Å². The topological polar surface area (TPSA) is 80.6 Å². The molecule has 3 aromatic heterocycles. The molecule has 9 nitrogen and oxygen atoms in total. The van der Waals surface area contributed by atoms with Crippen LogP contribution in [0.3, 0.4) is 0 Å². The minimum absolute atomic E-state index is 0.136. The van der Waals surface area contributed by atoms with Gasteiger partial charge in [0.15, 0.2) is 6.23 Å². The molecule has 0 aliphatic carbocycles. The number of nitrogens with zero attached hydrogens (tertiary/aromatic N) is 6. The molecule has 0 radical (unpaired) electrons. The Balaban J connectivity index is 1.39. The van der Waals surface area contributed by atoms with Crippen molar-refractivity contribution in [2.24, 2.45) is 0 Å². The number of benzene rings is 1. The molecule has 1 aromatic carbocycles. The zero-order valence-corrected chi connectivity index (χ0v) is 23.4. The predicted octanol–water partition coefficient (Wildman–Crippen LogP) is 4.63. The van der Waals surface area contributed by atoms with Crippen LogP contribution in [0.4, 0.5) is 15.9 Å². The van der Waals surface area contributed by atoms with Crippen LogP contribution in [-0.2, 0) is 9.47 Å². The van der Waals surface area contributed by atoms with Gasteiger partial charge in [0.2, 0.25) is 0 Å². The van der Waals surface area contributed by atoms with Crippen LogP contribution >= 0.6 is 0 Å². The molecule has 10 heteroatoms. The van der Waals surface area contributed by atoms with E-state index in [2.05, 4.69) is 27.1 Å². The Bertz CT molecular complexity index is 1530. The number of halogens is 1. The van der Waals surface area contributed by atoms with Gasteiger partial charge in [0.1, 0.15) is 22.8 Å². The van der Waals surface area contributed by atoms with E-state index in [1.807, 2.05) is 35.0 Å². The van der Waals surface area contributed by atoms with Crippen molar-refractivity contribution in [2.45, 2.75) is 38.5 Å². The number of fused-ring (bicyclic) bond motifs is 1. The zero-order valence-electron chi connectivity index (χ0n) is 23.4. The summed E-state index contributed by atoms with van der Waals surface area (Å²) in [6, 6.07) is 11.7. The summed E-state index contributed by atoms with van der Waals surface area (Å²) >= 11 is 0. The fourth-order valence-corrected chi connectivity index (χ4v) is 6.25. The smallest absolute Gasteiger partial charge is 0.150 e. The van der Waals surface area contributed by atoms with Crippen molar-refractivity contribution in [1.82, 2.24) is 25.1 Å². The third kappa shape index (κ3) is 5.05. The summed E-state index contributed by atoms with van der Waals surface area (Å²) in [6.45, 7) is 8.34. The van der Waals surface area contributed by atoms with Gasteiger partial charge in [-0.15, -0.1) is 0 Å². The number of piperazine rings is 1. The molecule has 7 rings (SSSR count). The second-order valence-electron chi connectivity index (χ2n) is 11.1. The molecule has 3 fully saturated rings. The van der Waals surface area contributed by atoms with Gasteiger partial charge in [-0.25, -0.2) is 14.1 Å². The summed E-state index contributed by atoms with van der Waals surface area (Å²) in [5.74, 6) is 0.552. The molecule has 2 atom stereocenters. The van der Waals surface area contributed by atoms with Crippen molar-refractivity contribution in [3.05, 3.63) is 54.6 Å². The van der Waals surface area contributed by atoms with Crippen LogP contribution in [0.5, 0.6) is 0 Å². The average Bonchev–Trinajstić information content (AvgIpc) is 3.51. The molecule has 214 valence electrons. The van der Waals surface area contributed by atoms with E-state index in [1.165, 1.54) is 0 Å². The van der Waals surface area contributed by atoms with Crippen LogP contribution in [0.2, 0.25) is 0 Å². The van der Waals surface area contributed by atoms with E-state index in [-0.39, 0.29) is 18.1 Å². The van der Waals surface area contributed by atoms with Gasteiger partial charge in [0.05, 0.1) is 24.9 Å². The number of anilines is 2. The average molecular weight is 558 g/mol. The molecule has 6 heterocycles. The molecule has 0 bridgehead atoms. The van der Waals surface area contributed by atoms with Gasteiger partial charge < -0.3 is 24.6 Å². The minimum Gasteiger partial charge on any atom is -0.377 e. The Labute approximate surface area is 239 Å². The van der Waals surface area contributed by atoms with Gasteiger partial charge in [-0.05, 0) is 68.1 Å². The number of hydrogen-bond acceptors (Lipinski definition) is 8. The number of hydrogen-bond donors (Lipinski definition) is 1. The van der Waals surface area contributed by atoms with Crippen molar-refractivity contribution < 1.29 is 13.9 Å². The van der Waals surface area contributed by atoms with Gasteiger partial charge in [-0.2, -0.15) is 5.10 Å². The third-order valence-corrected chi connectivity index (χ3v) is 8.44. The molecule has 4 aromatic rings. The van der Waals surface area contributed by atoms with E-state index in [0.717, 1.165) is 91.4 Å². The summed E-state index contributed by atoms with van der Waals surface area (Å²) < 4.78 is 29.7.